The minimum Gasteiger partial charge on any atom is -0.457 e. The fourth-order valence-corrected chi connectivity index (χ4v) is 11.5. The van der Waals surface area contributed by atoms with E-state index in [1.165, 1.54) is 66.5 Å². The van der Waals surface area contributed by atoms with Gasteiger partial charge >= 0.3 is 0 Å². The van der Waals surface area contributed by atoms with Crippen LogP contribution >= 0.6 is 0 Å². The molecule has 2 aliphatic rings. The molecule has 0 radical (unpaired) electrons. The van der Waals surface area contributed by atoms with E-state index < -0.39 is 5.41 Å². The molecule has 342 valence electrons. The lowest BCUT2D eigenvalue weighted by atomic mass is 9.67. The molecule has 0 unspecified atom stereocenters. The number of pyridine rings is 1. The van der Waals surface area contributed by atoms with Gasteiger partial charge in [0.2, 0.25) is 0 Å². The van der Waals surface area contributed by atoms with Gasteiger partial charge in [-0.2, -0.15) is 0 Å². The Bertz CT molecular complexity index is 3720. The Morgan fingerprint density at radius 1 is 0.507 bits per heavy atom. The largest absolute Gasteiger partial charge is 0.457 e. The predicted molar refractivity (Wildman–Crippen MR) is 293 cm³/mol. The lowest BCUT2D eigenvalue weighted by molar-refractivity contribution is 0.478. The van der Waals surface area contributed by atoms with Crippen LogP contribution in [-0.4, -0.2) is 16.2 Å². The van der Waals surface area contributed by atoms with Gasteiger partial charge in [-0.05, 0) is 99.3 Å². The SMILES string of the molecule is Cc1ccc(N2CN(c3c(-c4ccccc4)cccc3-c3ccccc3)c3ccccc32)cc1Oc1cc2c3c4c(cccc4n(-c4cc(C(C)(C)C)ccn4)c3c1)C2(c1ccccc1)c1ccccc1. The highest BCUT2D eigenvalue weighted by molar-refractivity contribution is 6.18. The zero-order valence-corrected chi connectivity index (χ0v) is 40.3. The second-order valence-corrected chi connectivity index (χ2v) is 20.0. The van der Waals surface area contributed by atoms with Crippen LogP contribution in [0.2, 0.25) is 0 Å². The summed E-state index contributed by atoms with van der Waals surface area (Å²) < 4.78 is 9.71. The molecule has 2 aromatic heterocycles. The molecule has 0 atom stereocenters. The normalized spacial score (nSPS) is 13.6. The molecule has 0 bridgehead atoms. The average Bonchev–Trinajstić information content (AvgIpc) is 4.07. The van der Waals surface area contributed by atoms with Gasteiger partial charge in [-0.25, -0.2) is 4.98 Å². The van der Waals surface area contributed by atoms with Gasteiger partial charge < -0.3 is 14.5 Å². The highest BCUT2D eigenvalue weighted by atomic mass is 16.5. The molecule has 11 aromatic rings. The van der Waals surface area contributed by atoms with Crippen LogP contribution in [-0.2, 0) is 10.8 Å². The summed E-state index contributed by atoms with van der Waals surface area (Å²) in [5, 5.41) is 2.47. The Labute approximate surface area is 415 Å². The van der Waals surface area contributed by atoms with Crippen LogP contribution in [0.3, 0.4) is 0 Å². The maximum atomic E-state index is 7.36. The number of anilines is 4. The number of ether oxygens (including phenoxy) is 1. The predicted octanol–water partition coefficient (Wildman–Crippen LogP) is 16.9. The van der Waals surface area contributed by atoms with Crippen molar-refractivity contribution in [2.24, 2.45) is 0 Å². The van der Waals surface area contributed by atoms with Crippen molar-refractivity contribution >= 4 is 44.6 Å². The van der Waals surface area contributed by atoms with E-state index in [0.717, 1.165) is 51.0 Å². The number of aryl methyl sites for hydroxylation is 1. The van der Waals surface area contributed by atoms with Crippen LogP contribution < -0.4 is 14.5 Å². The number of aromatic nitrogens is 2. The first-order chi connectivity index (χ1) is 34.8. The smallest absolute Gasteiger partial charge is 0.137 e. The summed E-state index contributed by atoms with van der Waals surface area (Å²) >= 11 is 0. The van der Waals surface area contributed by atoms with Crippen LogP contribution in [0, 0.1) is 6.92 Å². The van der Waals surface area contributed by atoms with Crippen molar-refractivity contribution in [3.63, 3.8) is 0 Å². The first-order valence-electron chi connectivity index (χ1n) is 24.6. The number of nitrogens with zero attached hydrogens (tertiary/aromatic N) is 4. The summed E-state index contributed by atoms with van der Waals surface area (Å²) in [6, 6.07) is 81.4. The zero-order chi connectivity index (χ0) is 47.8. The molecule has 1 aliphatic heterocycles. The number of rotatable bonds is 9. The van der Waals surface area contributed by atoms with Crippen LogP contribution in [0.15, 0.2) is 231 Å². The van der Waals surface area contributed by atoms with Crippen molar-refractivity contribution < 1.29 is 4.74 Å². The third-order valence-electron chi connectivity index (χ3n) is 14.9. The van der Waals surface area contributed by atoms with Crippen LogP contribution in [0.25, 0.3) is 49.9 Å². The summed E-state index contributed by atoms with van der Waals surface area (Å²) in [6.45, 7) is 9.54. The summed E-state index contributed by atoms with van der Waals surface area (Å²) in [5.41, 5.74) is 18.0. The van der Waals surface area contributed by atoms with Gasteiger partial charge in [-0.15, -0.1) is 0 Å². The highest BCUT2D eigenvalue weighted by Crippen LogP contribution is 2.58. The van der Waals surface area contributed by atoms with Crippen molar-refractivity contribution in [2.45, 2.75) is 38.5 Å². The van der Waals surface area contributed by atoms with E-state index in [4.69, 9.17) is 9.72 Å². The van der Waals surface area contributed by atoms with Crippen molar-refractivity contribution in [3.05, 3.63) is 264 Å². The molecule has 5 nitrogen and oxygen atoms in total. The molecular formula is C66H52N4O. The number of benzene rings is 9. The Kier molecular flexibility index (Phi) is 9.86. The standard InChI is InChI=1S/C66H52N4O/c1-44-35-36-50(68-43-69(57-33-18-17-32-56(57)68)64-52(45-21-9-5-10-22-45)29-19-30-53(64)46-23-11-6-12-24-46)40-60(44)71-51-41-55-63-59(42-51)70(61-39-49(37-38-67-61)65(2,3)4)58-34-20-31-54(62(58)63)66(55,47-25-13-7-14-26-47)48-27-15-8-16-28-48/h5-42H,43H2,1-4H3. The Balaban J connectivity index is 0.978. The van der Waals surface area contributed by atoms with Crippen molar-refractivity contribution in [1.29, 1.82) is 0 Å². The third-order valence-corrected chi connectivity index (χ3v) is 14.9. The van der Waals surface area contributed by atoms with Gasteiger partial charge in [-0.1, -0.05) is 191 Å². The van der Waals surface area contributed by atoms with Gasteiger partial charge in [0.05, 0.1) is 33.5 Å². The van der Waals surface area contributed by atoms with Gasteiger partial charge in [0.25, 0.3) is 0 Å². The van der Waals surface area contributed by atoms with E-state index in [2.05, 4.69) is 267 Å². The molecule has 5 heteroatoms. The van der Waals surface area contributed by atoms with E-state index in [0.29, 0.717) is 6.67 Å². The van der Waals surface area contributed by atoms with E-state index in [1.54, 1.807) is 0 Å². The van der Waals surface area contributed by atoms with Crippen molar-refractivity contribution in [2.75, 3.05) is 16.5 Å². The molecule has 71 heavy (non-hydrogen) atoms. The van der Waals surface area contributed by atoms with Gasteiger partial charge in [-0.3, -0.25) is 4.57 Å². The number of fused-ring (bicyclic) bond motifs is 1. The highest BCUT2D eigenvalue weighted by Gasteiger charge is 2.47. The molecule has 13 rings (SSSR count). The summed E-state index contributed by atoms with van der Waals surface area (Å²) in [6.07, 6.45) is 1.96. The molecule has 1 aliphatic carbocycles. The van der Waals surface area contributed by atoms with Crippen LogP contribution in [0.1, 0.15) is 54.2 Å². The molecule has 0 saturated carbocycles. The van der Waals surface area contributed by atoms with Crippen molar-refractivity contribution in [3.8, 4) is 39.6 Å². The lowest BCUT2D eigenvalue weighted by Crippen LogP contribution is -2.29. The fourth-order valence-electron chi connectivity index (χ4n) is 11.5. The Hall–Kier alpha value is -8.67. The second kappa shape index (κ2) is 16.5. The maximum Gasteiger partial charge on any atom is 0.137 e. The summed E-state index contributed by atoms with van der Waals surface area (Å²) in [7, 11) is 0. The van der Waals surface area contributed by atoms with Gasteiger partial charge in [0, 0.05) is 45.9 Å². The van der Waals surface area contributed by atoms with Crippen molar-refractivity contribution in [1.82, 2.24) is 9.55 Å². The molecule has 0 amide bonds. The second-order valence-electron chi connectivity index (χ2n) is 20.0. The van der Waals surface area contributed by atoms with Gasteiger partial charge in [0.1, 0.15) is 24.0 Å². The van der Waals surface area contributed by atoms with E-state index in [1.807, 2.05) is 6.20 Å². The maximum absolute atomic E-state index is 7.36. The van der Waals surface area contributed by atoms with Gasteiger partial charge in [0.15, 0.2) is 0 Å². The molecule has 0 fully saturated rings. The lowest BCUT2D eigenvalue weighted by Gasteiger charge is -2.35. The fraction of sp³-hybridized carbons (Fsp3) is 0.106. The van der Waals surface area contributed by atoms with E-state index in [9.17, 15) is 0 Å². The molecule has 0 N–H and O–H groups in total. The molecule has 9 aromatic carbocycles. The minimum absolute atomic E-state index is 0.0568. The monoisotopic (exact) mass is 916 g/mol. The molecular weight excluding hydrogens is 865 g/mol. The number of hydrogen-bond acceptors (Lipinski definition) is 4. The zero-order valence-electron chi connectivity index (χ0n) is 40.3. The molecule has 0 spiro atoms. The van der Waals surface area contributed by atoms with Crippen LogP contribution in [0.4, 0.5) is 22.7 Å². The number of hydrogen-bond donors (Lipinski definition) is 0. The Morgan fingerprint density at radius 3 is 1.72 bits per heavy atom. The first kappa shape index (κ1) is 42.4. The number of para-hydroxylation sites is 3. The molecule has 0 saturated heterocycles. The average molecular weight is 917 g/mol. The quantitative estimate of drug-likeness (QED) is 0.144. The Morgan fingerprint density at radius 2 is 1.08 bits per heavy atom. The summed E-state index contributed by atoms with van der Waals surface area (Å²) in [5.74, 6) is 2.47. The third kappa shape index (κ3) is 6.71. The topological polar surface area (TPSA) is 33.5 Å². The minimum atomic E-state index is -0.599. The van der Waals surface area contributed by atoms with E-state index >= 15 is 0 Å². The first-order valence-corrected chi connectivity index (χ1v) is 24.6. The van der Waals surface area contributed by atoms with Crippen LogP contribution in [0.5, 0.6) is 11.5 Å². The summed E-state index contributed by atoms with van der Waals surface area (Å²) in [4.78, 5) is 9.99. The van der Waals surface area contributed by atoms with E-state index in [-0.39, 0.29) is 5.41 Å². The molecule has 3 heterocycles.